The second kappa shape index (κ2) is 9.33. The Bertz CT molecular complexity index is 1090. The fraction of sp³-hybridized carbons (Fsp3) is 0.583. The molecule has 2 aliphatic heterocycles. The monoisotopic (exact) mass is 523 g/mol. The largest absolute Gasteiger partial charge is 0.419 e. The van der Waals surface area contributed by atoms with E-state index in [-0.39, 0.29) is 35.5 Å². The second-order valence-corrected chi connectivity index (χ2v) is 10.9. The third-order valence-corrected chi connectivity index (χ3v) is 7.80. The molecule has 12 heteroatoms. The number of carbonyl (C=O) groups excluding carboxylic acids is 1. The van der Waals surface area contributed by atoms with Crippen molar-refractivity contribution in [2.75, 3.05) is 31.1 Å². The van der Waals surface area contributed by atoms with Crippen LogP contribution in [0.2, 0.25) is 5.02 Å². The smallest absolute Gasteiger partial charge is 0.337 e. The van der Waals surface area contributed by atoms with Crippen molar-refractivity contribution in [1.29, 1.82) is 0 Å². The number of halogens is 4. The van der Waals surface area contributed by atoms with E-state index in [0.717, 1.165) is 50.4 Å². The van der Waals surface area contributed by atoms with Crippen molar-refractivity contribution in [3.63, 3.8) is 0 Å². The number of amides is 2. The summed E-state index contributed by atoms with van der Waals surface area (Å²) in [6.45, 7) is 7.56. The Morgan fingerprint density at radius 2 is 1.78 bits per heavy atom. The minimum absolute atomic E-state index is 0.0948. The molecule has 1 saturated carbocycles. The van der Waals surface area contributed by atoms with E-state index in [9.17, 15) is 18.0 Å². The molecule has 2 amide bonds. The molecule has 3 fully saturated rings. The fourth-order valence-corrected chi connectivity index (χ4v) is 6.08. The number of aromatic nitrogens is 3. The summed E-state index contributed by atoms with van der Waals surface area (Å²) in [5.74, 6) is 0.241. The second-order valence-electron chi connectivity index (χ2n) is 10.4. The predicted molar refractivity (Wildman–Crippen MR) is 129 cm³/mol. The third-order valence-electron chi connectivity index (χ3n) is 7.46. The molecule has 1 spiro atoms. The lowest BCUT2D eigenvalue weighted by Crippen LogP contribution is -2.68. The van der Waals surface area contributed by atoms with Crippen LogP contribution in [0.25, 0.3) is 0 Å². The maximum absolute atomic E-state index is 13.1. The van der Waals surface area contributed by atoms with Crippen LogP contribution in [0.15, 0.2) is 30.9 Å². The number of likely N-dealkylation sites (tertiary alicyclic amines) is 1. The Kier molecular flexibility index (Phi) is 6.48. The summed E-state index contributed by atoms with van der Waals surface area (Å²) < 4.78 is 38.4. The fourth-order valence-electron chi connectivity index (χ4n) is 5.90. The van der Waals surface area contributed by atoms with Crippen molar-refractivity contribution >= 4 is 23.6 Å². The van der Waals surface area contributed by atoms with Gasteiger partial charge in [0.1, 0.15) is 0 Å². The average molecular weight is 524 g/mol. The summed E-state index contributed by atoms with van der Waals surface area (Å²) in [6.07, 6.45) is 2.47. The Morgan fingerprint density at radius 1 is 1.14 bits per heavy atom. The van der Waals surface area contributed by atoms with Gasteiger partial charge >= 0.3 is 12.2 Å². The molecule has 0 radical (unpaired) electrons. The summed E-state index contributed by atoms with van der Waals surface area (Å²) in [6, 6.07) is 1.72. The van der Waals surface area contributed by atoms with Crippen molar-refractivity contribution in [1.82, 2.24) is 30.1 Å². The van der Waals surface area contributed by atoms with Crippen molar-refractivity contribution in [3.8, 4) is 0 Å². The molecule has 3 aliphatic rings. The van der Waals surface area contributed by atoms with E-state index in [1.54, 1.807) is 12.4 Å². The molecule has 0 aromatic carbocycles. The predicted octanol–water partition coefficient (Wildman–Crippen LogP) is 3.82. The summed E-state index contributed by atoms with van der Waals surface area (Å²) in [7, 11) is 0. The Labute approximate surface area is 212 Å². The number of hydrogen-bond donors (Lipinski definition) is 1. The van der Waals surface area contributed by atoms with E-state index in [2.05, 4.69) is 25.2 Å². The topological polar surface area (TPSA) is 77.5 Å². The zero-order chi connectivity index (χ0) is 25.7. The van der Waals surface area contributed by atoms with E-state index in [0.29, 0.717) is 18.1 Å². The number of rotatable bonds is 4. The van der Waals surface area contributed by atoms with Crippen LogP contribution in [0.3, 0.4) is 0 Å². The first kappa shape index (κ1) is 25.0. The highest BCUT2D eigenvalue weighted by molar-refractivity contribution is 6.31. The van der Waals surface area contributed by atoms with Gasteiger partial charge in [-0.25, -0.2) is 14.8 Å². The number of alkyl halides is 3. The minimum Gasteiger partial charge on any atom is -0.337 e. The normalized spacial score (nSPS) is 24.4. The summed E-state index contributed by atoms with van der Waals surface area (Å²) >= 11 is 6.22. The standard InChI is InChI=1S/C24H29ClF3N7O/c1-15-10-34(21-30-7-18(8-31-21)24(26,27)28)11-16(2)35(15)22(36)32-19-5-23(6-19)13-33(14-23)12-17-3-4-29-9-20(17)25/h3-4,7-9,15-16,19H,5-6,10-14H2,1-2H3,(H,32,36)/t15-,16+. The summed E-state index contributed by atoms with van der Waals surface area (Å²) in [5, 5.41) is 3.87. The number of urea groups is 1. The van der Waals surface area contributed by atoms with Crippen LogP contribution in [0.5, 0.6) is 0 Å². The van der Waals surface area contributed by atoms with Gasteiger partial charge in [0, 0.05) is 75.6 Å². The van der Waals surface area contributed by atoms with E-state index >= 15 is 0 Å². The number of carbonyl (C=O) groups is 1. The van der Waals surface area contributed by atoms with Crippen molar-refractivity contribution in [2.45, 2.75) is 57.5 Å². The lowest BCUT2D eigenvalue weighted by Gasteiger charge is -2.59. The molecule has 0 bridgehead atoms. The molecule has 8 nitrogen and oxygen atoms in total. The molecule has 1 N–H and O–H groups in total. The SMILES string of the molecule is C[C@@H]1CN(c2ncc(C(F)(F)F)cn2)C[C@H](C)N1C(=O)NC1CC2(C1)CN(Cc1ccncc1Cl)C2. The quantitative estimate of drug-likeness (QED) is 0.656. The molecular weight excluding hydrogens is 495 g/mol. The number of nitrogens with one attached hydrogen (secondary N) is 1. The lowest BCUT2D eigenvalue weighted by atomic mass is 9.60. The van der Waals surface area contributed by atoms with Crippen LogP contribution in [-0.2, 0) is 12.7 Å². The Balaban J connectivity index is 1.09. The third kappa shape index (κ3) is 4.95. The molecule has 194 valence electrons. The Hall–Kier alpha value is -2.66. The van der Waals surface area contributed by atoms with Gasteiger partial charge in [-0.15, -0.1) is 0 Å². The first-order valence-corrected chi connectivity index (χ1v) is 12.4. The van der Waals surface area contributed by atoms with Gasteiger partial charge in [0.15, 0.2) is 0 Å². The van der Waals surface area contributed by atoms with Gasteiger partial charge < -0.3 is 15.1 Å². The van der Waals surface area contributed by atoms with Crippen LogP contribution in [-0.4, -0.2) is 75.1 Å². The maximum Gasteiger partial charge on any atom is 0.419 e. The Morgan fingerprint density at radius 3 is 2.36 bits per heavy atom. The molecule has 2 saturated heterocycles. The van der Waals surface area contributed by atoms with Gasteiger partial charge in [-0.1, -0.05) is 11.6 Å². The van der Waals surface area contributed by atoms with Gasteiger partial charge in [-0.05, 0) is 43.7 Å². The zero-order valence-electron chi connectivity index (χ0n) is 20.2. The zero-order valence-corrected chi connectivity index (χ0v) is 20.9. The summed E-state index contributed by atoms with van der Waals surface area (Å²) in [4.78, 5) is 31.0. The first-order chi connectivity index (χ1) is 17.0. The lowest BCUT2D eigenvalue weighted by molar-refractivity contribution is -0.138. The van der Waals surface area contributed by atoms with Gasteiger partial charge in [0.25, 0.3) is 0 Å². The highest BCUT2D eigenvalue weighted by Crippen LogP contribution is 2.49. The van der Waals surface area contributed by atoms with Gasteiger partial charge in [0.2, 0.25) is 5.95 Å². The van der Waals surface area contributed by atoms with Gasteiger partial charge in [-0.2, -0.15) is 13.2 Å². The number of piperazine rings is 1. The molecule has 5 rings (SSSR count). The van der Waals surface area contributed by atoms with Crippen LogP contribution < -0.4 is 10.2 Å². The maximum atomic E-state index is 13.1. The molecule has 1 aliphatic carbocycles. The van der Waals surface area contributed by atoms with Crippen LogP contribution in [0.4, 0.5) is 23.9 Å². The highest BCUT2D eigenvalue weighted by atomic mass is 35.5. The number of anilines is 1. The molecule has 2 atom stereocenters. The van der Waals surface area contributed by atoms with E-state index in [1.165, 1.54) is 0 Å². The summed E-state index contributed by atoms with van der Waals surface area (Å²) in [5.41, 5.74) is 0.474. The molecule has 0 unspecified atom stereocenters. The number of nitrogens with zero attached hydrogens (tertiary/aromatic N) is 6. The minimum atomic E-state index is -4.47. The average Bonchev–Trinajstić information content (AvgIpc) is 2.76. The van der Waals surface area contributed by atoms with Crippen LogP contribution in [0, 0.1) is 5.41 Å². The van der Waals surface area contributed by atoms with Gasteiger partial charge in [0.05, 0.1) is 10.6 Å². The van der Waals surface area contributed by atoms with Gasteiger partial charge in [-0.3, -0.25) is 9.88 Å². The molecule has 36 heavy (non-hydrogen) atoms. The van der Waals surface area contributed by atoms with E-state index in [1.807, 2.05) is 29.7 Å². The first-order valence-electron chi connectivity index (χ1n) is 12.1. The number of pyridine rings is 1. The van der Waals surface area contributed by atoms with Crippen molar-refractivity contribution in [2.24, 2.45) is 5.41 Å². The molecule has 2 aromatic rings. The van der Waals surface area contributed by atoms with E-state index in [4.69, 9.17) is 11.6 Å². The van der Waals surface area contributed by atoms with Crippen molar-refractivity contribution < 1.29 is 18.0 Å². The number of hydrogen-bond acceptors (Lipinski definition) is 6. The van der Waals surface area contributed by atoms with Crippen LogP contribution >= 0.6 is 11.6 Å². The molecule has 2 aromatic heterocycles. The molecular formula is C24H29ClF3N7O. The highest BCUT2D eigenvalue weighted by Gasteiger charge is 2.53. The van der Waals surface area contributed by atoms with E-state index < -0.39 is 11.7 Å². The van der Waals surface area contributed by atoms with Crippen LogP contribution in [0.1, 0.15) is 37.8 Å². The molecule has 4 heterocycles. The van der Waals surface area contributed by atoms with Crippen molar-refractivity contribution in [3.05, 3.63) is 47.0 Å².